The third kappa shape index (κ3) is 10.4. The van der Waals surface area contributed by atoms with Gasteiger partial charge in [-0.1, -0.05) is 46.0 Å². The minimum atomic E-state index is 0.791. The first-order chi connectivity index (χ1) is 12.8. The average molecular weight is 367 g/mol. The van der Waals surface area contributed by atoms with Gasteiger partial charge in [0.25, 0.3) is 0 Å². The van der Waals surface area contributed by atoms with E-state index in [1.54, 1.807) is 13.4 Å². The molecule has 0 fully saturated rings. The lowest BCUT2D eigenvalue weighted by molar-refractivity contribution is 0.128. The summed E-state index contributed by atoms with van der Waals surface area (Å²) in [6.45, 7) is 8.52. The second kappa shape index (κ2) is 15.6. The number of aromatic nitrogens is 3. The molecular weight excluding hydrogens is 328 g/mol. The number of nitrogens with zero attached hydrogens (tertiary/aromatic N) is 4. The highest BCUT2D eigenvalue weighted by molar-refractivity contribution is 5.79. The van der Waals surface area contributed by atoms with Crippen molar-refractivity contribution in [2.75, 3.05) is 33.4 Å². The summed E-state index contributed by atoms with van der Waals surface area (Å²) >= 11 is 0. The number of aryl methyl sites for hydroxylation is 1. The van der Waals surface area contributed by atoms with Crippen LogP contribution in [0.3, 0.4) is 0 Å². The quantitative estimate of drug-likeness (QED) is 0.284. The molecule has 0 aromatic carbocycles. The van der Waals surface area contributed by atoms with Crippen molar-refractivity contribution in [3.63, 3.8) is 0 Å². The zero-order chi connectivity index (χ0) is 18.9. The Morgan fingerprint density at radius 3 is 2.54 bits per heavy atom. The van der Waals surface area contributed by atoms with Gasteiger partial charge in [0.2, 0.25) is 0 Å². The third-order valence-electron chi connectivity index (χ3n) is 4.28. The van der Waals surface area contributed by atoms with Gasteiger partial charge in [-0.2, -0.15) is 0 Å². The SMILES string of the molecule is CCCCCCCCOCCCNC(=NC)NCCn1cnnc1CC. The summed E-state index contributed by atoms with van der Waals surface area (Å²) in [7, 11) is 1.79. The molecular formula is C19H38N6O. The minimum Gasteiger partial charge on any atom is -0.381 e. The Bertz CT molecular complexity index is 474. The molecule has 7 nitrogen and oxygen atoms in total. The van der Waals surface area contributed by atoms with E-state index >= 15 is 0 Å². The Balaban J connectivity index is 1.96. The lowest BCUT2D eigenvalue weighted by Gasteiger charge is -2.12. The van der Waals surface area contributed by atoms with Gasteiger partial charge < -0.3 is 19.9 Å². The van der Waals surface area contributed by atoms with Crippen molar-refractivity contribution >= 4 is 5.96 Å². The van der Waals surface area contributed by atoms with Gasteiger partial charge in [0.15, 0.2) is 5.96 Å². The van der Waals surface area contributed by atoms with Gasteiger partial charge in [0, 0.05) is 46.3 Å². The molecule has 1 aromatic heterocycles. The lowest BCUT2D eigenvalue weighted by atomic mass is 10.1. The maximum absolute atomic E-state index is 5.69. The summed E-state index contributed by atoms with van der Waals surface area (Å²) < 4.78 is 7.76. The first-order valence-electron chi connectivity index (χ1n) is 10.2. The third-order valence-corrected chi connectivity index (χ3v) is 4.28. The number of rotatable bonds is 15. The van der Waals surface area contributed by atoms with Crippen molar-refractivity contribution in [2.24, 2.45) is 4.99 Å². The van der Waals surface area contributed by atoms with Crippen molar-refractivity contribution in [1.29, 1.82) is 0 Å². The summed E-state index contributed by atoms with van der Waals surface area (Å²) in [4.78, 5) is 4.25. The van der Waals surface area contributed by atoms with Crippen LogP contribution in [0.2, 0.25) is 0 Å². The van der Waals surface area contributed by atoms with Crippen LogP contribution in [0.15, 0.2) is 11.3 Å². The Labute approximate surface area is 159 Å². The van der Waals surface area contributed by atoms with Crippen molar-refractivity contribution in [3.05, 3.63) is 12.2 Å². The van der Waals surface area contributed by atoms with Crippen LogP contribution in [0.25, 0.3) is 0 Å². The molecule has 150 valence electrons. The average Bonchev–Trinajstić information content (AvgIpc) is 3.12. The highest BCUT2D eigenvalue weighted by Crippen LogP contribution is 2.04. The molecule has 0 aliphatic heterocycles. The molecule has 26 heavy (non-hydrogen) atoms. The number of unbranched alkanes of at least 4 members (excludes halogenated alkanes) is 5. The van der Waals surface area contributed by atoms with Crippen LogP contribution in [0.1, 0.15) is 64.6 Å². The number of hydrogen-bond donors (Lipinski definition) is 2. The minimum absolute atomic E-state index is 0.791. The molecule has 1 heterocycles. The summed E-state index contributed by atoms with van der Waals surface area (Å²) in [6.07, 6.45) is 11.5. The van der Waals surface area contributed by atoms with Crippen LogP contribution in [0.5, 0.6) is 0 Å². The zero-order valence-corrected chi connectivity index (χ0v) is 17.0. The van der Waals surface area contributed by atoms with Crippen LogP contribution in [-0.4, -0.2) is 54.1 Å². The van der Waals surface area contributed by atoms with E-state index in [2.05, 4.69) is 44.2 Å². The monoisotopic (exact) mass is 366 g/mol. The molecule has 0 aliphatic rings. The molecule has 7 heteroatoms. The molecule has 1 aromatic rings. The van der Waals surface area contributed by atoms with Gasteiger partial charge in [-0.3, -0.25) is 4.99 Å². The first-order valence-corrected chi connectivity index (χ1v) is 10.2. The number of guanidine groups is 1. The molecule has 0 atom stereocenters. The summed E-state index contributed by atoms with van der Waals surface area (Å²) in [5.74, 6) is 1.84. The number of aliphatic imine (C=N–C) groups is 1. The predicted molar refractivity (Wildman–Crippen MR) is 108 cm³/mol. The molecule has 0 radical (unpaired) electrons. The van der Waals surface area contributed by atoms with Gasteiger partial charge in [-0.05, 0) is 12.8 Å². The van der Waals surface area contributed by atoms with E-state index in [0.29, 0.717) is 0 Å². The molecule has 0 saturated heterocycles. The zero-order valence-electron chi connectivity index (χ0n) is 17.0. The van der Waals surface area contributed by atoms with Gasteiger partial charge in [0.1, 0.15) is 12.2 Å². The maximum Gasteiger partial charge on any atom is 0.191 e. The molecule has 1 rings (SSSR count). The normalized spacial score (nSPS) is 11.7. The second-order valence-corrected chi connectivity index (χ2v) is 6.45. The highest BCUT2D eigenvalue weighted by atomic mass is 16.5. The Kier molecular flexibility index (Phi) is 13.5. The summed E-state index contributed by atoms with van der Waals surface area (Å²) in [6, 6.07) is 0. The van der Waals surface area contributed by atoms with E-state index in [0.717, 1.165) is 57.5 Å². The molecule has 0 amide bonds. The molecule has 0 spiro atoms. The largest absolute Gasteiger partial charge is 0.381 e. The fourth-order valence-corrected chi connectivity index (χ4v) is 2.72. The summed E-state index contributed by atoms with van der Waals surface area (Å²) in [5, 5.41) is 14.7. The molecule has 2 N–H and O–H groups in total. The molecule has 0 unspecified atom stereocenters. The Morgan fingerprint density at radius 2 is 1.77 bits per heavy atom. The fourth-order valence-electron chi connectivity index (χ4n) is 2.72. The van der Waals surface area contributed by atoms with Gasteiger partial charge in [-0.25, -0.2) is 0 Å². The number of hydrogen-bond acceptors (Lipinski definition) is 4. The smallest absolute Gasteiger partial charge is 0.191 e. The standard InChI is InChI=1S/C19H38N6O/c1-4-6-7-8-9-10-15-26-16-11-12-21-19(20-3)22-13-14-25-17-23-24-18(25)5-2/h17H,4-16H2,1-3H3,(H2,20,21,22). The van der Waals surface area contributed by atoms with Crippen LogP contribution >= 0.6 is 0 Å². The van der Waals surface area contributed by atoms with Crippen LogP contribution < -0.4 is 10.6 Å². The maximum atomic E-state index is 5.69. The van der Waals surface area contributed by atoms with E-state index in [4.69, 9.17) is 4.74 Å². The topological polar surface area (TPSA) is 76.4 Å². The Morgan fingerprint density at radius 1 is 1.04 bits per heavy atom. The van der Waals surface area contributed by atoms with Gasteiger partial charge in [-0.15, -0.1) is 10.2 Å². The lowest BCUT2D eigenvalue weighted by Crippen LogP contribution is -2.39. The van der Waals surface area contributed by atoms with Crippen molar-refractivity contribution in [3.8, 4) is 0 Å². The molecule has 0 aliphatic carbocycles. The van der Waals surface area contributed by atoms with Crippen LogP contribution in [0, 0.1) is 0 Å². The van der Waals surface area contributed by atoms with Crippen LogP contribution in [0.4, 0.5) is 0 Å². The number of ether oxygens (including phenoxy) is 1. The Hall–Kier alpha value is -1.63. The highest BCUT2D eigenvalue weighted by Gasteiger charge is 2.02. The van der Waals surface area contributed by atoms with E-state index in [-0.39, 0.29) is 0 Å². The van der Waals surface area contributed by atoms with E-state index in [1.165, 1.54) is 38.5 Å². The van der Waals surface area contributed by atoms with E-state index in [9.17, 15) is 0 Å². The fraction of sp³-hybridized carbons (Fsp3) is 0.842. The van der Waals surface area contributed by atoms with Crippen molar-refractivity contribution < 1.29 is 4.74 Å². The van der Waals surface area contributed by atoms with E-state index in [1.807, 2.05) is 0 Å². The molecule has 0 bridgehead atoms. The first kappa shape index (κ1) is 22.4. The van der Waals surface area contributed by atoms with E-state index < -0.39 is 0 Å². The summed E-state index contributed by atoms with van der Waals surface area (Å²) in [5.41, 5.74) is 0. The number of nitrogens with one attached hydrogen (secondary N) is 2. The van der Waals surface area contributed by atoms with Gasteiger partial charge in [0.05, 0.1) is 0 Å². The van der Waals surface area contributed by atoms with Gasteiger partial charge >= 0.3 is 0 Å². The van der Waals surface area contributed by atoms with Crippen molar-refractivity contribution in [1.82, 2.24) is 25.4 Å². The van der Waals surface area contributed by atoms with Crippen molar-refractivity contribution in [2.45, 2.75) is 71.8 Å². The second-order valence-electron chi connectivity index (χ2n) is 6.45. The molecule has 0 saturated carbocycles. The van der Waals surface area contributed by atoms with Crippen LogP contribution in [-0.2, 0) is 17.7 Å². The predicted octanol–water partition coefficient (Wildman–Crippen LogP) is 2.77.